The van der Waals surface area contributed by atoms with Gasteiger partial charge in [0.05, 0.1) is 19.8 Å². The molecule has 0 aromatic carbocycles. The molecule has 3 rings (SSSR count). The van der Waals surface area contributed by atoms with Crippen LogP contribution in [0.15, 0.2) is 0 Å². The molecule has 1 fully saturated rings. The third kappa shape index (κ3) is 3.52. The number of ether oxygens (including phenoxy) is 2. The lowest BCUT2D eigenvalue weighted by atomic mass is 10.1. The third-order valence-electron chi connectivity index (χ3n) is 4.10. The second-order valence-corrected chi connectivity index (χ2v) is 5.78. The molecule has 5 heteroatoms. The molecular weight excluding hydrogens is 266 g/mol. The predicted molar refractivity (Wildman–Crippen MR) is 81.6 cm³/mol. The van der Waals surface area contributed by atoms with Crippen LogP contribution in [0.25, 0.3) is 0 Å². The molecule has 1 unspecified atom stereocenters. The van der Waals surface area contributed by atoms with Crippen LogP contribution in [0.1, 0.15) is 55.8 Å². The summed E-state index contributed by atoms with van der Waals surface area (Å²) in [6, 6.07) is 0. The van der Waals surface area contributed by atoms with Gasteiger partial charge in [-0.15, -0.1) is 0 Å². The minimum Gasteiger partial charge on any atom is -0.376 e. The van der Waals surface area contributed by atoms with E-state index in [4.69, 9.17) is 19.4 Å². The number of rotatable bonds is 4. The zero-order chi connectivity index (χ0) is 14.5. The van der Waals surface area contributed by atoms with Gasteiger partial charge in [0.2, 0.25) is 0 Å². The summed E-state index contributed by atoms with van der Waals surface area (Å²) in [5, 5.41) is 3.48. The molecule has 0 amide bonds. The van der Waals surface area contributed by atoms with E-state index in [1.54, 1.807) is 0 Å². The number of hydrogen-bond acceptors (Lipinski definition) is 5. The third-order valence-corrected chi connectivity index (χ3v) is 4.10. The maximum Gasteiger partial charge on any atom is 0.162 e. The van der Waals surface area contributed by atoms with Crippen molar-refractivity contribution in [2.75, 3.05) is 31.7 Å². The molecule has 5 nitrogen and oxygen atoms in total. The number of anilines is 1. The van der Waals surface area contributed by atoms with Crippen LogP contribution in [0.5, 0.6) is 0 Å². The van der Waals surface area contributed by atoms with E-state index in [2.05, 4.69) is 12.2 Å². The lowest BCUT2D eigenvalue weighted by molar-refractivity contribution is -0.0935. The summed E-state index contributed by atoms with van der Waals surface area (Å²) in [7, 11) is 0. The Hall–Kier alpha value is -1.20. The number of hydrogen-bond donors (Lipinski definition) is 1. The number of aryl methyl sites for hydroxylation is 1. The monoisotopic (exact) mass is 291 g/mol. The van der Waals surface area contributed by atoms with Crippen molar-refractivity contribution >= 4 is 5.82 Å². The summed E-state index contributed by atoms with van der Waals surface area (Å²) in [6.07, 6.45) is 6.86. The maximum atomic E-state index is 5.77. The lowest BCUT2D eigenvalue weighted by Crippen LogP contribution is -2.25. The summed E-state index contributed by atoms with van der Waals surface area (Å²) < 4.78 is 11.3. The Labute approximate surface area is 126 Å². The van der Waals surface area contributed by atoms with Crippen LogP contribution in [0, 0.1) is 0 Å². The summed E-state index contributed by atoms with van der Waals surface area (Å²) >= 11 is 0. The summed E-state index contributed by atoms with van der Waals surface area (Å²) in [5.74, 6) is 1.81. The van der Waals surface area contributed by atoms with Gasteiger partial charge in [-0.3, -0.25) is 0 Å². The molecule has 1 aliphatic heterocycles. The van der Waals surface area contributed by atoms with Crippen LogP contribution >= 0.6 is 0 Å². The van der Waals surface area contributed by atoms with Crippen molar-refractivity contribution < 1.29 is 9.47 Å². The van der Waals surface area contributed by atoms with Crippen molar-refractivity contribution in [2.24, 2.45) is 0 Å². The van der Waals surface area contributed by atoms with Gasteiger partial charge in [0.25, 0.3) is 0 Å². The van der Waals surface area contributed by atoms with Crippen LogP contribution in [0.4, 0.5) is 5.82 Å². The molecular formula is C16H25N3O2. The number of aromatic nitrogens is 2. The van der Waals surface area contributed by atoms with E-state index >= 15 is 0 Å². The van der Waals surface area contributed by atoms with Crippen molar-refractivity contribution in [2.45, 2.75) is 51.6 Å². The zero-order valence-corrected chi connectivity index (χ0v) is 12.9. The Morgan fingerprint density at radius 1 is 1.14 bits per heavy atom. The Morgan fingerprint density at radius 2 is 2.05 bits per heavy atom. The molecule has 0 bridgehead atoms. The second kappa shape index (κ2) is 7.18. The molecule has 1 atom stereocenters. The van der Waals surface area contributed by atoms with Gasteiger partial charge in [-0.1, -0.05) is 13.3 Å². The molecule has 1 aromatic heterocycles. The highest BCUT2D eigenvalue weighted by Crippen LogP contribution is 2.28. The van der Waals surface area contributed by atoms with Gasteiger partial charge in [0.1, 0.15) is 11.9 Å². The van der Waals surface area contributed by atoms with Gasteiger partial charge in [0.15, 0.2) is 5.82 Å². The van der Waals surface area contributed by atoms with Gasteiger partial charge >= 0.3 is 0 Å². The number of nitrogens with one attached hydrogen (secondary N) is 1. The van der Waals surface area contributed by atoms with Gasteiger partial charge in [-0.25, -0.2) is 9.97 Å². The van der Waals surface area contributed by atoms with Crippen LogP contribution in [-0.4, -0.2) is 36.3 Å². The molecule has 1 aromatic rings. The Balaban J connectivity index is 1.91. The molecule has 1 saturated heterocycles. The highest BCUT2D eigenvalue weighted by Gasteiger charge is 2.23. The normalized spacial score (nSPS) is 22.4. The average Bonchev–Trinajstić information content (AvgIpc) is 2.78. The molecule has 1 N–H and O–H groups in total. The smallest absolute Gasteiger partial charge is 0.162 e. The molecule has 0 radical (unpaired) electrons. The topological polar surface area (TPSA) is 56.3 Å². The van der Waals surface area contributed by atoms with Crippen molar-refractivity contribution in [1.82, 2.24) is 9.97 Å². The number of nitrogens with zero attached hydrogens (tertiary/aromatic N) is 2. The van der Waals surface area contributed by atoms with Crippen molar-refractivity contribution in [1.29, 1.82) is 0 Å². The van der Waals surface area contributed by atoms with E-state index in [1.165, 1.54) is 30.5 Å². The minimum atomic E-state index is -0.116. The van der Waals surface area contributed by atoms with Crippen LogP contribution in [0.3, 0.4) is 0 Å². The van der Waals surface area contributed by atoms with E-state index in [9.17, 15) is 0 Å². The molecule has 2 heterocycles. The van der Waals surface area contributed by atoms with E-state index in [0.29, 0.717) is 19.8 Å². The summed E-state index contributed by atoms with van der Waals surface area (Å²) in [6.45, 7) is 4.98. The fourth-order valence-electron chi connectivity index (χ4n) is 2.96. The van der Waals surface area contributed by atoms with Crippen LogP contribution in [-0.2, 0) is 22.3 Å². The van der Waals surface area contributed by atoms with Gasteiger partial charge < -0.3 is 14.8 Å². The fourth-order valence-corrected chi connectivity index (χ4v) is 2.96. The molecule has 0 spiro atoms. The van der Waals surface area contributed by atoms with Gasteiger partial charge in [-0.05, 0) is 32.1 Å². The Morgan fingerprint density at radius 3 is 2.86 bits per heavy atom. The summed E-state index contributed by atoms with van der Waals surface area (Å²) in [5.41, 5.74) is 2.53. The van der Waals surface area contributed by atoms with E-state index in [1.807, 2.05) is 0 Å². The van der Waals surface area contributed by atoms with E-state index in [-0.39, 0.29) is 6.10 Å². The van der Waals surface area contributed by atoms with E-state index in [0.717, 1.165) is 37.4 Å². The lowest BCUT2D eigenvalue weighted by Gasteiger charge is -2.23. The predicted octanol–water partition coefficient (Wildman–Crippen LogP) is 2.66. The Bertz CT molecular complexity index is 473. The standard InChI is InChI=1S/C16H25N3O2/c1-2-8-17-15-12-6-4-3-5-7-13(12)18-16(19-15)14-11-20-9-10-21-14/h14H,2-11H2,1H3,(H,17,18,19). The van der Waals surface area contributed by atoms with Gasteiger partial charge in [-0.2, -0.15) is 0 Å². The van der Waals surface area contributed by atoms with Gasteiger partial charge in [0, 0.05) is 17.8 Å². The van der Waals surface area contributed by atoms with Crippen molar-refractivity contribution in [3.8, 4) is 0 Å². The molecule has 0 saturated carbocycles. The Kier molecular flexibility index (Phi) is 5.04. The van der Waals surface area contributed by atoms with Crippen LogP contribution in [0.2, 0.25) is 0 Å². The first-order valence-corrected chi connectivity index (χ1v) is 8.21. The average molecular weight is 291 g/mol. The number of fused-ring (bicyclic) bond motifs is 1. The minimum absolute atomic E-state index is 0.116. The maximum absolute atomic E-state index is 5.77. The first-order valence-electron chi connectivity index (χ1n) is 8.21. The molecule has 21 heavy (non-hydrogen) atoms. The van der Waals surface area contributed by atoms with Crippen molar-refractivity contribution in [3.63, 3.8) is 0 Å². The largest absolute Gasteiger partial charge is 0.376 e. The van der Waals surface area contributed by atoms with Crippen molar-refractivity contribution in [3.05, 3.63) is 17.1 Å². The highest BCUT2D eigenvalue weighted by molar-refractivity contribution is 5.47. The SMILES string of the molecule is CCCNc1nc(C2COCCO2)nc2c1CCCCC2. The summed E-state index contributed by atoms with van der Waals surface area (Å²) in [4.78, 5) is 9.57. The molecule has 2 aliphatic rings. The first-order chi connectivity index (χ1) is 10.4. The molecule has 116 valence electrons. The van der Waals surface area contributed by atoms with Crippen LogP contribution < -0.4 is 5.32 Å². The first kappa shape index (κ1) is 14.7. The fraction of sp³-hybridized carbons (Fsp3) is 0.750. The van der Waals surface area contributed by atoms with E-state index < -0.39 is 0 Å². The highest BCUT2D eigenvalue weighted by atomic mass is 16.6. The zero-order valence-electron chi connectivity index (χ0n) is 12.9. The second-order valence-electron chi connectivity index (χ2n) is 5.78. The molecule has 1 aliphatic carbocycles. The quantitative estimate of drug-likeness (QED) is 0.864.